The fourth-order valence-corrected chi connectivity index (χ4v) is 2.18. The molecule has 0 aromatic heterocycles. The van der Waals surface area contributed by atoms with Crippen LogP contribution in [0.1, 0.15) is 31.4 Å². The van der Waals surface area contributed by atoms with Crippen molar-refractivity contribution >= 4 is 11.9 Å². The number of ether oxygens (including phenoxy) is 2. The van der Waals surface area contributed by atoms with Crippen LogP contribution in [0.25, 0.3) is 0 Å². The Morgan fingerprint density at radius 3 is 2.32 bits per heavy atom. The lowest BCUT2D eigenvalue weighted by Gasteiger charge is -2.21. The summed E-state index contributed by atoms with van der Waals surface area (Å²) in [5.74, 6) is 0.123. The quantitative estimate of drug-likeness (QED) is 0.692. The van der Waals surface area contributed by atoms with Crippen molar-refractivity contribution in [2.24, 2.45) is 0 Å². The van der Waals surface area contributed by atoms with Gasteiger partial charge in [0.25, 0.3) is 5.91 Å². The molecule has 0 atom stereocenters. The maximum absolute atomic E-state index is 12.3. The highest BCUT2D eigenvalue weighted by Gasteiger charge is 2.18. The highest BCUT2D eigenvalue weighted by atomic mass is 16.5. The molecule has 0 aliphatic carbocycles. The largest absolute Gasteiger partial charge is 0.483 e. The second-order valence-corrected chi connectivity index (χ2v) is 5.13. The Balaban J connectivity index is 2.65. The summed E-state index contributed by atoms with van der Waals surface area (Å²) in [7, 11) is 0. The second kappa shape index (κ2) is 9.07. The normalized spacial score (nSPS) is 10.2. The van der Waals surface area contributed by atoms with Crippen molar-refractivity contribution in [2.45, 2.75) is 34.1 Å². The van der Waals surface area contributed by atoms with Gasteiger partial charge in [0.05, 0.1) is 6.61 Å². The van der Waals surface area contributed by atoms with Crippen molar-refractivity contribution in [1.82, 2.24) is 4.90 Å². The van der Waals surface area contributed by atoms with Crippen LogP contribution in [-0.2, 0) is 14.3 Å². The Bertz CT molecular complexity index is 493. The average molecular weight is 307 g/mol. The van der Waals surface area contributed by atoms with E-state index in [0.717, 1.165) is 23.3 Å². The summed E-state index contributed by atoms with van der Waals surface area (Å²) < 4.78 is 10.6. The van der Waals surface area contributed by atoms with Crippen LogP contribution < -0.4 is 4.74 Å². The lowest BCUT2D eigenvalue weighted by atomic mass is 10.1. The number of hydrogen-bond donors (Lipinski definition) is 0. The highest BCUT2D eigenvalue weighted by Crippen LogP contribution is 2.22. The molecule has 0 aliphatic rings. The van der Waals surface area contributed by atoms with Crippen molar-refractivity contribution in [2.75, 3.05) is 26.3 Å². The summed E-state index contributed by atoms with van der Waals surface area (Å²) in [6.07, 6.45) is 0.772. The summed E-state index contributed by atoms with van der Waals surface area (Å²) in [5, 5.41) is 0. The monoisotopic (exact) mass is 307 g/mol. The van der Waals surface area contributed by atoms with Crippen molar-refractivity contribution in [3.8, 4) is 5.75 Å². The van der Waals surface area contributed by atoms with E-state index in [2.05, 4.69) is 0 Å². The minimum atomic E-state index is -0.392. The van der Waals surface area contributed by atoms with Gasteiger partial charge in [0.15, 0.2) is 6.61 Å². The van der Waals surface area contributed by atoms with Gasteiger partial charge < -0.3 is 14.4 Å². The molecule has 1 rings (SSSR count). The predicted octanol–water partition coefficient (Wildman–Crippen LogP) is 2.48. The predicted molar refractivity (Wildman–Crippen MR) is 84.9 cm³/mol. The Hall–Kier alpha value is -2.04. The smallest absolute Gasteiger partial charge is 0.325 e. The number of aryl methyl sites for hydroxylation is 2. The van der Waals surface area contributed by atoms with Crippen LogP contribution in [0, 0.1) is 13.8 Å². The van der Waals surface area contributed by atoms with Crippen LogP contribution in [0.15, 0.2) is 18.2 Å². The fourth-order valence-electron chi connectivity index (χ4n) is 2.18. The van der Waals surface area contributed by atoms with Gasteiger partial charge in [-0.15, -0.1) is 0 Å². The van der Waals surface area contributed by atoms with E-state index >= 15 is 0 Å². The third-order valence-corrected chi connectivity index (χ3v) is 3.22. The molecule has 5 nitrogen and oxygen atoms in total. The van der Waals surface area contributed by atoms with Crippen LogP contribution in [0.5, 0.6) is 5.75 Å². The summed E-state index contributed by atoms with van der Waals surface area (Å²) >= 11 is 0. The minimum absolute atomic E-state index is 0.0311. The first-order valence-corrected chi connectivity index (χ1v) is 7.62. The molecule has 0 saturated carbocycles. The van der Waals surface area contributed by atoms with E-state index in [0.29, 0.717) is 13.2 Å². The van der Waals surface area contributed by atoms with E-state index in [4.69, 9.17) is 9.47 Å². The lowest BCUT2D eigenvalue weighted by Crippen LogP contribution is -2.39. The van der Waals surface area contributed by atoms with E-state index < -0.39 is 5.97 Å². The zero-order valence-corrected chi connectivity index (χ0v) is 13.8. The molecular formula is C17H25NO4. The lowest BCUT2D eigenvalue weighted by molar-refractivity contribution is -0.149. The summed E-state index contributed by atoms with van der Waals surface area (Å²) in [4.78, 5) is 25.3. The SMILES string of the molecule is CCCN(CC(=O)OCC)C(=O)COc1c(C)cccc1C. The van der Waals surface area contributed by atoms with Crippen molar-refractivity contribution in [3.05, 3.63) is 29.3 Å². The van der Waals surface area contributed by atoms with Crippen molar-refractivity contribution in [3.63, 3.8) is 0 Å². The Morgan fingerprint density at radius 1 is 1.14 bits per heavy atom. The number of carbonyl (C=O) groups excluding carboxylic acids is 2. The minimum Gasteiger partial charge on any atom is -0.483 e. The van der Waals surface area contributed by atoms with Crippen LogP contribution in [0.4, 0.5) is 0 Å². The van der Waals surface area contributed by atoms with Gasteiger partial charge in [-0.2, -0.15) is 0 Å². The Labute approximate surface area is 132 Å². The Kier molecular flexibility index (Phi) is 7.43. The third-order valence-electron chi connectivity index (χ3n) is 3.22. The first-order chi connectivity index (χ1) is 10.5. The van der Waals surface area contributed by atoms with Gasteiger partial charge in [-0.25, -0.2) is 0 Å². The molecule has 1 aromatic rings. The molecule has 0 unspecified atom stereocenters. The highest BCUT2D eigenvalue weighted by molar-refractivity contribution is 5.83. The number of amides is 1. The molecule has 122 valence electrons. The molecule has 0 fully saturated rings. The summed E-state index contributed by atoms with van der Waals surface area (Å²) in [5.41, 5.74) is 1.97. The molecule has 0 heterocycles. The molecule has 0 spiro atoms. The number of benzene rings is 1. The van der Waals surface area contributed by atoms with Crippen LogP contribution in [-0.4, -0.2) is 43.1 Å². The van der Waals surface area contributed by atoms with Gasteiger partial charge in [-0.3, -0.25) is 9.59 Å². The number of para-hydroxylation sites is 1. The van der Waals surface area contributed by atoms with E-state index in [1.54, 1.807) is 6.92 Å². The van der Waals surface area contributed by atoms with Crippen molar-refractivity contribution in [1.29, 1.82) is 0 Å². The van der Waals surface area contributed by atoms with Crippen molar-refractivity contribution < 1.29 is 19.1 Å². The molecule has 0 bridgehead atoms. The summed E-state index contributed by atoms with van der Waals surface area (Å²) in [6.45, 7) is 8.29. The van der Waals surface area contributed by atoms with Crippen LogP contribution in [0.3, 0.4) is 0 Å². The first-order valence-electron chi connectivity index (χ1n) is 7.62. The number of hydrogen-bond acceptors (Lipinski definition) is 4. The van der Waals surface area contributed by atoms with Gasteiger partial charge in [0.2, 0.25) is 0 Å². The topological polar surface area (TPSA) is 55.8 Å². The van der Waals surface area contributed by atoms with Gasteiger partial charge in [0.1, 0.15) is 12.3 Å². The fraction of sp³-hybridized carbons (Fsp3) is 0.529. The van der Waals surface area contributed by atoms with Gasteiger partial charge >= 0.3 is 5.97 Å². The maximum Gasteiger partial charge on any atom is 0.325 e. The number of rotatable bonds is 8. The summed E-state index contributed by atoms with van der Waals surface area (Å²) in [6, 6.07) is 5.83. The first kappa shape index (κ1) is 18.0. The molecule has 22 heavy (non-hydrogen) atoms. The van der Waals surface area contributed by atoms with Crippen LogP contribution >= 0.6 is 0 Å². The van der Waals surface area contributed by atoms with E-state index in [9.17, 15) is 9.59 Å². The van der Waals surface area contributed by atoms with E-state index in [-0.39, 0.29) is 19.1 Å². The standard InChI is InChI=1S/C17H25NO4/c1-5-10-18(11-16(20)21-6-2)15(19)12-22-17-13(3)8-7-9-14(17)4/h7-9H,5-6,10-12H2,1-4H3. The molecule has 0 saturated heterocycles. The van der Waals surface area contributed by atoms with Gasteiger partial charge in [-0.1, -0.05) is 25.1 Å². The third kappa shape index (κ3) is 5.39. The number of carbonyl (C=O) groups is 2. The molecule has 0 radical (unpaired) electrons. The molecule has 5 heteroatoms. The molecule has 0 aliphatic heterocycles. The van der Waals surface area contributed by atoms with Gasteiger partial charge in [-0.05, 0) is 38.3 Å². The zero-order valence-electron chi connectivity index (χ0n) is 13.8. The number of esters is 1. The second-order valence-electron chi connectivity index (χ2n) is 5.13. The van der Waals surface area contributed by atoms with E-state index in [1.807, 2.05) is 39.0 Å². The Morgan fingerprint density at radius 2 is 1.77 bits per heavy atom. The molecule has 1 amide bonds. The molecular weight excluding hydrogens is 282 g/mol. The average Bonchev–Trinajstić information content (AvgIpc) is 2.46. The molecule has 1 aromatic carbocycles. The van der Waals surface area contributed by atoms with E-state index in [1.165, 1.54) is 4.90 Å². The van der Waals surface area contributed by atoms with Crippen LogP contribution in [0.2, 0.25) is 0 Å². The number of nitrogens with zero attached hydrogens (tertiary/aromatic N) is 1. The molecule has 0 N–H and O–H groups in total. The maximum atomic E-state index is 12.3. The zero-order chi connectivity index (χ0) is 16.5. The van der Waals surface area contributed by atoms with Gasteiger partial charge in [0, 0.05) is 6.54 Å².